The van der Waals surface area contributed by atoms with Crippen LogP contribution >= 0.6 is 0 Å². The van der Waals surface area contributed by atoms with Crippen molar-refractivity contribution in [3.8, 4) is 5.75 Å². The average Bonchev–Trinajstić information content (AvgIpc) is 3.26. The van der Waals surface area contributed by atoms with E-state index in [-0.39, 0.29) is 6.54 Å². The maximum atomic E-state index is 12.9. The summed E-state index contributed by atoms with van der Waals surface area (Å²) in [5, 5.41) is 9.59. The Morgan fingerprint density at radius 3 is 2.48 bits per heavy atom. The number of carboxylic acids is 1. The molecule has 2 aromatic carbocycles. The van der Waals surface area contributed by atoms with E-state index in [1.807, 2.05) is 10.6 Å². The molecule has 162 valence electrons. The molecule has 1 aliphatic rings. The molecule has 1 amide bonds. The molecule has 3 aromatic rings. The summed E-state index contributed by atoms with van der Waals surface area (Å²) in [6, 6.07) is 10.1. The molecule has 0 saturated carbocycles. The lowest BCUT2D eigenvalue weighted by molar-refractivity contribution is -0.139. The summed E-state index contributed by atoms with van der Waals surface area (Å²) in [4.78, 5) is 23.0. The van der Waals surface area contributed by atoms with Crippen molar-refractivity contribution >= 4 is 22.8 Å². The predicted molar refractivity (Wildman–Crippen MR) is 106 cm³/mol. The molecular formula is C22H19F3N2O4. The SMILES string of the molecule is NC(=O)C1CCc2c1c1c(OCC(=O)O)cccc1n2Cc1ccc(C(F)(F)F)cc1. The second kappa shape index (κ2) is 7.64. The van der Waals surface area contributed by atoms with Gasteiger partial charge in [0.05, 0.1) is 17.0 Å². The van der Waals surface area contributed by atoms with Crippen molar-refractivity contribution in [2.75, 3.05) is 6.61 Å². The maximum Gasteiger partial charge on any atom is 0.416 e. The second-order valence-corrected chi connectivity index (χ2v) is 7.47. The number of amides is 1. The second-order valence-electron chi connectivity index (χ2n) is 7.47. The number of benzene rings is 2. The van der Waals surface area contributed by atoms with Gasteiger partial charge in [-0.2, -0.15) is 13.2 Å². The molecule has 1 aliphatic carbocycles. The first-order valence-corrected chi connectivity index (χ1v) is 9.61. The smallest absolute Gasteiger partial charge is 0.416 e. The molecule has 4 rings (SSSR count). The third kappa shape index (κ3) is 3.83. The van der Waals surface area contributed by atoms with Crippen molar-refractivity contribution in [2.45, 2.75) is 31.5 Å². The molecule has 0 saturated heterocycles. The summed E-state index contributed by atoms with van der Waals surface area (Å²) >= 11 is 0. The third-order valence-electron chi connectivity index (χ3n) is 5.54. The predicted octanol–water partition coefficient (Wildman–Crippen LogP) is 3.69. The Bertz CT molecular complexity index is 1170. The zero-order valence-electron chi connectivity index (χ0n) is 16.3. The number of hydrogen-bond donors (Lipinski definition) is 2. The highest BCUT2D eigenvalue weighted by Crippen LogP contribution is 2.44. The zero-order chi connectivity index (χ0) is 22.3. The summed E-state index contributed by atoms with van der Waals surface area (Å²) in [6.45, 7) is -0.253. The minimum atomic E-state index is -4.41. The number of fused-ring (bicyclic) bond motifs is 3. The van der Waals surface area contributed by atoms with E-state index in [1.54, 1.807) is 12.1 Å². The van der Waals surface area contributed by atoms with Crippen molar-refractivity contribution in [2.24, 2.45) is 5.73 Å². The van der Waals surface area contributed by atoms with E-state index in [2.05, 4.69) is 0 Å². The van der Waals surface area contributed by atoms with Crippen LogP contribution in [0.1, 0.15) is 34.7 Å². The van der Waals surface area contributed by atoms with Crippen LogP contribution in [0.15, 0.2) is 42.5 Å². The van der Waals surface area contributed by atoms with Gasteiger partial charge in [0.15, 0.2) is 6.61 Å². The van der Waals surface area contributed by atoms with Gasteiger partial charge in [-0.1, -0.05) is 18.2 Å². The average molecular weight is 432 g/mol. The molecule has 0 fully saturated rings. The molecule has 31 heavy (non-hydrogen) atoms. The highest BCUT2D eigenvalue weighted by atomic mass is 19.4. The molecule has 0 bridgehead atoms. The van der Waals surface area contributed by atoms with Crippen molar-refractivity contribution in [3.05, 3.63) is 64.8 Å². The first kappa shape index (κ1) is 20.8. The summed E-state index contributed by atoms with van der Waals surface area (Å²) in [5.41, 5.74) is 7.80. The minimum absolute atomic E-state index is 0.290. The van der Waals surface area contributed by atoms with Crippen LogP contribution in [-0.4, -0.2) is 28.2 Å². The highest BCUT2D eigenvalue weighted by molar-refractivity contribution is 5.97. The summed E-state index contributed by atoms with van der Waals surface area (Å²) < 4.78 is 46.0. The Labute approximate surface area is 175 Å². The normalized spacial score (nSPS) is 15.8. The van der Waals surface area contributed by atoms with Crippen LogP contribution in [-0.2, 0) is 28.7 Å². The molecule has 0 spiro atoms. The third-order valence-corrected chi connectivity index (χ3v) is 5.54. The Kier molecular flexibility index (Phi) is 5.12. The number of nitrogens with two attached hydrogens (primary N) is 1. The van der Waals surface area contributed by atoms with Gasteiger partial charge in [0.25, 0.3) is 0 Å². The quantitative estimate of drug-likeness (QED) is 0.621. The number of primary amides is 1. The van der Waals surface area contributed by atoms with Crippen molar-refractivity contribution in [1.29, 1.82) is 0 Å². The molecule has 0 radical (unpaired) electrons. The van der Waals surface area contributed by atoms with Gasteiger partial charge >= 0.3 is 12.1 Å². The number of carbonyl (C=O) groups is 2. The highest BCUT2D eigenvalue weighted by Gasteiger charge is 2.35. The summed E-state index contributed by atoms with van der Waals surface area (Å²) in [7, 11) is 0. The van der Waals surface area contributed by atoms with Crippen LogP contribution in [0.5, 0.6) is 5.75 Å². The number of nitrogens with zero attached hydrogens (tertiary/aromatic N) is 1. The van der Waals surface area contributed by atoms with Gasteiger partial charge in [-0.05, 0) is 48.2 Å². The minimum Gasteiger partial charge on any atom is -0.481 e. The van der Waals surface area contributed by atoms with E-state index in [1.165, 1.54) is 12.1 Å². The molecular weight excluding hydrogens is 413 g/mol. The number of hydrogen-bond acceptors (Lipinski definition) is 3. The molecule has 1 heterocycles. The molecule has 6 nitrogen and oxygen atoms in total. The monoisotopic (exact) mass is 432 g/mol. The van der Waals surface area contributed by atoms with E-state index in [0.29, 0.717) is 40.6 Å². The van der Waals surface area contributed by atoms with E-state index in [4.69, 9.17) is 15.6 Å². The number of ether oxygens (including phenoxy) is 1. The van der Waals surface area contributed by atoms with Crippen LogP contribution in [0, 0.1) is 0 Å². The van der Waals surface area contributed by atoms with Crippen molar-refractivity contribution in [3.63, 3.8) is 0 Å². The Morgan fingerprint density at radius 2 is 1.87 bits per heavy atom. The fourth-order valence-corrected chi connectivity index (χ4v) is 4.23. The molecule has 9 heteroatoms. The number of alkyl halides is 3. The number of aliphatic carboxylic acids is 1. The van der Waals surface area contributed by atoms with Crippen LogP contribution in [0.2, 0.25) is 0 Å². The Hall–Kier alpha value is -3.49. The summed E-state index contributed by atoms with van der Waals surface area (Å²) in [5.74, 6) is -1.83. The van der Waals surface area contributed by atoms with Crippen molar-refractivity contribution < 1.29 is 32.6 Å². The van der Waals surface area contributed by atoms with Crippen LogP contribution < -0.4 is 10.5 Å². The number of aromatic nitrogens is 1. The largest absolute Gasteiger partial charge is 0.481 e. The lowest BCUT2D eigenvalue weighted by atomic mass is 9.99. The first-order valence-electron chi connectivity index (χ1n) is 9.61. The fourth-order valence-electron chi connectivity index (χ4n) is 4.23. The number of carboxylic acid groups (broad SMARTS) is 1. The van der Waals surface area contributed by atoms with Gasteiger partial charge in [-0.25, -0.2) is 4.79 Å². The standard InChI is InChI=1S/C22H19F3N2O4/c23-22(24,25)13-6-4-12(5-7-13)10-27-15-2-1-3-17(31-11-18(28)29)20(15)19-14(21(26)30)8-9-16(19)27/h1-7,14H,8-11H2,(H2,26,30)(H,28,29). The van der Waals surface area contributed by atoms with Gasteiger partial charge < -0.3 is 20.1 Å². The van der Waals surface area contributed by atoms with E-state index in [9.17, 15) is 22.8 Å². The van der Waals surface area contributed by atoms with Gasteiger partial charge in [-0.3, -0.25) is 4.79 Å². The lowest BCUT2D eigenvalue weighted by Gasteiger charge is -2.12. The molecule has 1 aromatic heterocycles. The van der Waals surface area contributed by atoms with Crippen LogP contribution in [0.4, 0.5) is 13.2 Å². The first-order chi connectivity index (χ1) is 14.7. The van der Waals surface area contributed by atoms with Crippen LogP contribution in [0.3, 0.4) is 0 Å². The lowest BCUT2D eigenvalue weighted by Crippen LogP contribution is -2.19. The Morgan fingerprint density at radius 1 is 1.16 bits per heavy atom. The van der Waals surface area contributed by atoms with E-state index >= 15 is 0 Å². The zero-order valence-corrected chi connectivity index (χ0v) is 16.3. The number of halogens is 3. The topological polar surface area (TPSA) is 94.6 Å². The Balaban J connectivity index is 1.82. The van der Waals surface area contributed by atoms with Gasteiger partial charge in [0, 0.05) is 17.6 Å². The van der Waals surface area contributed by atoms with E-state index < -0.39 is 36.1 Å². The van der Waals surface area contributed by atoms with Crippen molar-refractivity contribution in [1.82, 2.24) is 4.57 Å². The molecule has 1 unspecified atom stereocenters. The molecule has 1 atom stereocenters. The van der Waals surface area contributed by atoms with Gasteiger partial charge in [0.2, 0.25) is 5.91 Å². The summed E-state index contributed by atoms with van der Waals surface area (Å²) in [6.07, 6.45) is -3.34. The molecule has 0 aliphatic heterocycles. The molecule has 3 N–H and O–H groups in total. The maximum absolute atomic E-state index is 12.9. The van der Waals surface area contributed by atoms with Gasteiger partial charge in [-0.15, -0.1) is 0 Å². The van der Waals surface area contributed by atoms with Crippen LogP contribution in [0.25, 0.3) is 10.9 Å². The van der Waals surface area contributed by atoms with Gasteiger partial charge in [0.1, 0.15) is 5.75 Å². The fraction of sp³-hybridized carbons (Fsp3) is 0.273. The van der Waals surface area contributed by atoms with E-state index in [0.717, 1.165) is 17.8 Å². The number of carbonyl (C=O) groups excluding carboxylic acids is 1. The number of rotatable bonds is 6.